The summed E-state index contributed by atoms with van der Waals surface area (Å²) in [6, 6.07) is -1.45. The minimum Gasteiger partial charge on any atom is -0.368 e. The number of nitrogens with two attached hydrogens (primary N) is 4. The van der Waals surface area contributed by atoms with Crippen LogP contribution in [0.15, 0.2) is 5.11 Å². The molecule has 0 aliphatic carbocycles. The van der Waals surface area contributed by atoms with Gasteiger partial charge in [0.05, 0.1) is 0 Å². The first-order chi connectivity index (χ1) is 21.3. The van der Waals surface area contributed by atoms with Crippen molar-refractivity contribution in [1.29, 1.82) is 0 Å². The third-order valence-electron chi connectivity index (χ3n) is 8.11. The average molecular weight is 656 g/mol. The monoisotopic (exact) mass is 655 g/mol. The number of thiol groups is 1. The summed E-state index contributed by atoms with van der Waals surface area (Å²) in [6.07, 6.45) is 2.89. The number of primary amides is 3. The Bertz CT molecular complexity index is 1110. The molecule has 6 amide bonds. The molecule has 254 valence electrons. The molecule has 0 saturated carbocycles. The van der Waals surface area contributed by atoms with Crippen molar-refractivity contribution in [3.8, 4) is 0 Å². The molecule has 0 aromatic rings. The molecule has 0 aromatic heterocycles. The third kappa shape index (κ3) is 11.7. The highest BCUT2D eigenvalue weighted by molar-refractivity contribution is 7.78. The summed E-state index contributed by atoms with van der Waals surface area (Å²) in [5.74, 6) is -1.04. The van der Waals surface area contributed by atoms with Crippen molar-refractivity contribution < 1.29 is 28.8 Å². The van der Waals surface area contributed by atoms with Crippen LogP contribution in [-0.4, -0.2) is 108 Å². The molecule has 3 aliphatic heterocycles. The Hall–Kier alpha value is -3.60. The van der Waals surface area contributed by atoms with Gasteiger partial charge in [-0.25, -0.2) is 0 Å². The zero-order chi connectivity index (χ0) is 34.3. The van der Waals surface area contributed by atoms with Crippen LogP contribution < -0.4 is 27.7 Å². The summed E-state index contributed by atoms with van der Waals surface area (Å²) < 4.78 is 2.74. The van der Waals surface area contributed by atoms with E-state index in [0.717, 1.165) is 0 Å². The highest BCUT2D eigenvalue weighted by atomic mass is 32.1. The van der Waals surface area contributed by atoms with Gasteiger partial charge in [-0.2, -0.15) is 0 Å². The predicted octanol–water partition coefficient (Wildman–Crippen LogP) is -1.00. The quantitative estimate of drug-likeness (QED) is 0.0583. The predicted molar refractivity (Wildman–Crippen MR) is 169 cm³/mol. The Balaban J connectivity index is 0.000000338. The zero-order valence-electron chi connectivity index (χ0n) is 26.3. The first kappa shape index (κ1) is 39.4. The van der Waals surface area contributed by atoms with Crippen molar-refractivity contribution in [2.24, 2.45) is 45.8 Å². The van der Waals surface area contributed by atoms with E-state index in [1.165, 1.54) is 4.90 Å². The van der Waals surface area contributed by atoms with Gasteiger partial charge in [-0.3, -0.25) is 33.5 Å². The molecule has 0 spiro atoms. The fraction of sp³-hybridized carbons (Fsp3) is 0.778. The standard InChI is InChI=1S/C9H15N5O2.C9H17N3O2S.C9H17N3O2/c1-2-7(9(10)16)14-5-6(3-8(14)15)4-12-13-11;1-2-7(9(10)14)12-5-6(4-11-15)3-8(12)13;1-2-7(9(11)14)12-5-6(4-10)3-8(12)13/h6-7H,2-5H2,1H3,(H2,10,16);6-7,11,15H,2-5H2,1H3,(H2,10,14);6-7H,2-5,10H2,1H3,(H2,11,14)/t3*6?,7-/m000/s1. The maximum atomic E-state index is 11.6. The number of amides is 6. The molecule has 9 N–H and O–H groups in total. The molecule has 0 aromatic carbocycles. The molecular weight excluding hydrogens is 606 g/mol. The molecule has 0 radical (unpaired) electrons. The van der Waals surface area contributed by atoms with Crippen LogP contribution in [0.1, 0.15) is 59.3 Å². The summed E-state index contributed by atoms with van der Waals surface area (Å²) in [5.41, 5.74) is 29.3. The van der Waals surface area contributed by atoms with E-state index in [2.05, 4.69) is 27.6 Å². The van der Waals surface area contributed by atoms with Gasteiger partial charge in [0.25, 0.3) is 0 Å². The number of nitrogens with one attached hydrogen (secondary N) is 1. The van der Waals surface area contributed by atoms with Gasteiger partial charge in [0.1, 0.15) is 18.1 Å². The Kier molecular flexibility index (Phi) is 17.3. The minimum absolute atomic E-state index is 0.00296. The normalized spacial score (nSPS) is 22.9. The molecule has 45 heavy (non-hydrogen) atoms. The number of rotatable bonds is 14. The molecule has 3 saturated heterocycles. The number of hydrogen-bond acceptors (Lipinski definition) is 10. The number of hydrogen-bond donors (Lipinski definition) is 6. The van der Waals surface area contributed by atoms with E-state index >= 15 is 0 Å². The Morgan fingerprint density at radius 3 is 1.47 bits per heavy atom. The van der Waals surface area contributed by atoms with Gasteiger partial charge in [-0.1, -0.05) is 38.7 Å². The minimum atomic E-state index is -0.538. The third-order valence-corrected chi connectivity index (χ3v) is 8.29. The lowest BCUT2D eigenvalue weighted by Gasteiger charge is -2.24. The number of carbonyl (C=O) groups is 6. The van der Waals surface area contributed by atoms with Crippen LogP contribution in [0.4, 0.5) is 0 Å². The summed E-state index contributed by atoms with van der Waals surface area (Å²) in [7, 11) is 0. The molecule has 3 unspecified atom stereocenters. The molecular formula is C27H49N11O6S. The van der Waals surface area contributed by atoms with E-state index < -0.39 is 35.8 Å². The molecule has 6 atom stereocenters. The van der Waals surface area contributed by atoms with Gasteiger partial charge in [0, 0.05) is 56.9 Å². The summed E-state index contributed by atoms with van der Waals surface area (Å²) in [4.78, 5) is 75.4. The zero-order valence-corrected chi connectivity index (χ0v) is 27.2. The highest BCUT2D eigenvalue weighted by Gasteiger charge is 2.37. The van der Waals surface area contributed by atoms with E-state index in [-0.39, 0.29) is 42.0 Å². The van der Waals surface area contributed by atoms with Crippen molar-refractivity contribution >= 4 is 48.3 Å². The number of likely N-dealkylation sites (tertiary alicyclic amines) is 3. The second-order valence-corrected chi connectivity index (χ2v) is 11.7. The van der Waals surface area contributed by atoms with E-state index in [1.54, 1.807) is 9.80 Å². The maximum absolute atomic E-state index is 11.6. The summed E-state index contributed by atoms with van der Waals surface area (Å²) in [6.45, 7) is 8.55. The van der Waals surface area contributed by atoms with Crippen molar-refractivity contribution in [3.05, 3.63) is 10.4 Å². The fourth-order valence-electron chi connectivity index (χ4n) is 5.75. The Morgan fingerprint density at radius 2 is 1.16 bits per heavy atom. The first-order valence-corrected chi connectivity index (χ1v) is 15.6. The van der Waals surface area contributed by atoms with Gasteiger partial charge in [-0.05, 0) is 49.1 Å². The number of carbonyl (C=O) groups excluding carboxylic acids is 6. The molecule has 3 aliphatic rings. The van der Waals surface area contributed by atoms with Gasteiger partial charge in [0.15, 0.2) is 0 Å². The van der Waals surface area contributed by atoms with Gasteiger partial charge < -0.3 is 37.6 Å². The lowest BCUT2D eigenvalue weighted by Crippen LogP contribution is -2.45. The lowest BCUT2D eigenvalue weighted by molar-refractivity contribution is -0.136. The van der Waals surface area contributed by atoms with E-state index in [4.69, 9.17) is 28.5 Å². The van der Waals surface area contributed by atoms with Crippen LogP contribution in [0.25, 0.3) is 10.4 Å². The van der Waals surface area contributed by atoms with Gasteiger partial charge in [-0.15, -0.1) is 0 Å². The Morgan fingerprint density at radius 1 is 0.800 bits per heavy atom. The molecule has 17 nitrogen and oxygen atoms in total. The Labute approximate surface area is 269 Å². The number of nitrogens with zero attached hydrogens (tertiary/aromatic N) is 6. The highest BCUT2D eigenvalue weighted by Crippen LogP contribution is 2.23. The smallest absolute Gasteiger partial charge is 0.240 e. The lowest BCUT2D eigenvalue weighted by atomic mass is 10.1. The van der Waals surface area contributed by atoms with Crippen LogP contribution >= 0.6 is 12.8 Å². The second kappa shape index (κ2) is 19.7. The molecule has 3 fully saturated rings. The maximum Gasteiger partial charge on any atom is 0.240 e. The fourth-order valence-corrected chi connectivity index (χ4v) is 6.01. The summed E-state index contributed by atoms with van der Waals surface area (Å²) >= 11 is 3.90. The molecule has 3 rings (SSSR count). The SMILES string of the molecule is CC[C@@H](C(N)=O)N1CC(CN)CC1=O.CC[C@@H](C(N)=O)N1CC(CN=[N+]=[N-])CC1=O.CC[C@@H](C(N)=O)N1CC(CNS)CC1=O. The first-order valence-electron chi connectivity index (χ1n) is 15.1. The van der Waals surface area contributed by atoms with Crippen molar-refractivity contribution in [2.45, 2.75) is 77.4 Å². The molecule has 0 bridgehead atoms. The molecule has 3 heterocycles. The van der Waals surface area contributed by atoms with Crippen molar-refractivity contribution in [3.63, 3.8) is 0 Å². The van der Waals surface area contributed by atoms with Crippen LogP contribution in [-0.2, 0) is 28.8 Å². The van der Waals surface area contributed by atoms with Crippen LogP contribution in [0.5, 0.6) is 0 Å². The van der Waals surface area contributed by atoms with Gasteiger partial charge >= 0.3 is 0 Å². The average Bonchev–Trinajstić information content (AvgIpc) is 3.65. The topological polar surface area (TPSA) is 277 Å². The molecule has 18 heteroatoms. The van der Waals surface area contributed by atoms with Crippen LogP contribution in [0.3, 0.4) is 0 Å². The van der Waals surface area contributed by atoms with Crippen LogP contribution in [0.2, 0.25) is 0 Å². The van der Waals surface area contributed by atoms with Crippen molar-refractivity contribution in [1.82, 2.24) is 19.4 Å². The van der Waals surface area contributed by atoms with Crippen molar-refractivity contribution in [2.75, 3.05) is 39.3 Å². The van der Waals surface area contributed by atoms with Crippen LogP contribution in [0, 0.1) is 17.8 Å². The van der Waals surface area contributed by atoms with E-state index in [0.29, 0.717) is 71.2 Å². The number of azide groups is 1. The second-order valence-electron chi connectivity index (χ2n) is 11.3. The summed E-state index contributed by atoms with van der Waals surface area (Å²) in [5, 5.41) is 3.44. The van der Waals surface area contributed by atoms with E-state index in [9.17, 15) is 28.8 Å². The van der Waals surface area contributed by atoms with Gasteiger partial charge in [0.2, 0.25) is 35.4 Å². The van der Waals surface area contributed by atoms with E-state index in [1.807, 2.05) is 20.8 Å². The largest absolute Gasteiger partial charge is 0.368 e.